The van der Waals surface area contributed by atoms with Crippen molar-refractivity contribution in [3.05, 3.63) is 40.9 Å². The summed E-state index contributed by atoms with van der Waals surface area (Å²) in [5.41, 5.74) is 5.15. The van der Waals surface area contributed by atoms with E-state index in [1.54, 1.807) is 0 Å². The van der Waals surface area contributed by atoms with Crippen molar-refractivity contribution in [3.8, 4) is 0 Å². The molecular formula is C11H7ClF4N4. The highest BCUT2D eigenvalue weighted by molar-refractivity contribution is 6.31. The van der Waals surface area contributed by atoms with Crippen molar-refractivity contribution in [3.63, 3.8) is 0 Å². The van der Waals surface area contributed by atoms with Crippen LogP contribution < -0.4 is 11.1 Å². The van der Waals surface area contributed by atoms with Crippen molar-refractivity contribution in [2.45, 2.75) is 6.18 Å². The molecule has 0 saturated carbocycles. The molecule has 1 aromatic heterocycles. The van der Waals surface area contributed by atoms with Crippen molar-refractivity contribution < 1.29 is 17.6 Å². The third-order valence-corrected chi connectivity index (χ3v) is 2.51. The van der Waals surface area contributed by atoms with Crippen LogP contribution in [0.5, 0.6) is 0 Å². The lowest BCUT2D eigenvalue weighted by molar-refractivity contribution is -0.144. The van der Waals surface area contributed by atoms with E-state index in [1.807, 2.05) is 0 Å². The molecule has 0 radical (unpaired) electrons. The van der Waals surface area contributed by atoms with Crippen molar-refractivity contribution in [2.75, 3.05) is 11.1 Å². The first-order chi connectivity index (χ1) is 9.27. The van der Waals surface area contributed by atoms with Crippen LogP contribution in [0.25, 0.3) is 0 Å². The number of aromatic nitrogens is 2. The van der Waals surface area contributed by atoms with Crippen LogP contribution in [0.2, 0.25) is 5.02 Å². The molecular weight excluding hydrogens is 300 g/mol. The van der Waals surface area contributed by atoms with Gasteiger partial charge in [0.1, 0.15) is 11.6 Å². The van der Waals surface area contributed by atoms with Gasteiger partial charge in [-0.25, -0.2) is 14.4 Å². The molecule has 1 heterocycles. The minimum atomic E-state index is -4.75. The van der Waals surface area contributed by atoms with Crippen LogP contribution in [-0.2, 0) is 6.18 Å². The molecule has 4 nitrogen and oxygen atoms in total. The molecule has 20 heavy (non-hydrogen) atoms. The molecule has 0 unspecified atom stereocenters. The second-order valence-electron chi connectivity index (χ2n) is 3.73. The molecule has 0 amide bonds. The van der Waals surface area contributed by atoms with Crippen molar-refractivity contribution in [1.29, 1.82) is 0 Å². The Bertz CT molecular complexity index is 645. The van der Waals surface area contributed by atoms with E-state index >= 15 is 0 Å². The van der Waals surface area contributed by atoms with Crippen molar-refractivity contribution >= 4 is 28.9 Å². The van der Waals surface area contributed by atoms with Gasteiger partial charge in [0.05, 0.1) is 10.7 Å². The summed E-state index contributed by atoms with van der Waals surface area (Å²) in [6.45, 7) is 0. The van der Waals surface area contributed by atoms with Gasteiger partial charge in [0.25, 0.3) is 0 Å². The topological polar surface area (TPSA) is 63.8 Å². The largest absolute Gasteiger partial charge is 0.451 e. The molecule has 2 aromatic rings. The molecule has 9 heteroatoms. The van der Waals surface area contributed by atoms with Crippen LogP contribution in [0.3, 0.4) is 0 Å². The first kappa shape index (κ1) is 14.3. The van der Waals surface area contributed by atoms with Gasteiger partial charge in [-0.05, 0) is 12.1 Å². The Labute approximate surface area is 115 Å². The maximum absolute atomic E-state index is 13.6. The Kier molecular flexibility index (Phi) is 3.67. The van der Waals surface area contributed by atoms with Crippen LogP contribution >= 0.6 is 11.6 Å². The van der Waals surface area contributed by atoms with Crippen LogP contribution in [0.15, 0.2) is 24.3 Å². The SMILES string of the molecule is Nc1cc(Nc2cccc(Cl)c2F)nc(C(F)(F)F)n1. The molecule has 1 aromatic carbocycles. The number of hydrogen-bond donors (Lipinski definition) is 2. The van der Waals surface area contributed by atoms with E-state index < -0.39 is 23.6 Å². The highest BCUT2D eigenvalue weighted by Crippen LogP contribution is 2.29. The number of hydrogen-bond acceptors (Lipinski definition) is 4. The molecule has 0 aliphatic heterocycles. The lowest BCUT2D eigenvalue weighted by Gasteiger charge is -2.11. The van der Waals surface area contributed by atoms with Crippen LogP contribution in [-0.4, -0.2) is 9.97 Å². The summed E-state index contributed by atoms with van der Waals surface area (Å²) in [7, 11) is 0. The summed E-state index contributed by atoms with van der Waals surface area (Å²) in [6, 6.07) is 5.09. The smallest absolute Gasteiger partial charge is 0.384 e. The Balaban J connectivity index is 2.39. The highest BCUT2D eigenvalue weighted by atomic mass is 35.5. The Morgan fingerprint density at radius 3 is 2.55 bits per heavy atom. The summed E-state index contributed by atoms with van der Waals surface area (Å²) in [5, 5.41) is 2.20. The molecule has 106 valence electrons. The zero-order valence-corrected chi connectivity index (χ0v) is 10.4. The minimum Gasteiger partial charge on any atom is -0.384 e. The van der Waals surface area contributed by atoms with Gasteiger partial charge in [0.2, 0.25) is 5.82 Å². The fourth-order valence-electron chi connectivity index (χ4n) is 1.40. The van der Waals surface area contributed by atoms with Gasteiger partial charge in [0, 0.05) is 6.07 Å². The predicted molar refractivity (Wildman–Crippen MR) is 66.1 cm³/mol. The number of anilines is 3. The van der Waals surface area contributed by atoms with E-state index in [0.717, 1.165) is 6.07 Å². The second kappa shape index (κ2) is 5.12. The molecule has 3 N–H and O–H groups in total. The van der Waals surface area contributed by atoms with E-state index in [1.165, 1.54) is 18.2 Å². The summed E-state index contributed by atoms with van der Waals surface area (Å²) in [5.74, 6) is -2.90. The number of benzene rings is 1. The van der Waals surface area contributed by atoms with Crippen molar-refractivity contribution in [2.24, 2.45) is 0 Å². The maximum atomic E-state index is 13.6. The van der Waals surface area contributed by atoms with E-state index in [9.17, 15) is 17.6 Å². The van der Waals surface area contributed by atoms with Gasteiger partial charge in [0.15, 0.2) is 5.82 Å². The monoisotopic (exact) mass is 306 g/mol. The summed E-state index contributed by atoms with van der Waals surface area (Å²) in [4.78, 5) is 6.30. The van der Waals surface area contributed by atoms with Crippen LogP contribution in [0, 0.1) is 5.82 Å². The van der Waals surface area contributed by atoms with Crippen molar-refractivity contribution in [1.82, 2.24) is 9.97 Å². The number of nitrogens with one attached hydrogen (secondary N) is 1. The molecule has 0 atom stereocenters. The first-order valence-corrected chi connectivity index (χ1v) is 5.58. The predicted octanol–water partition coefficient (Wildman–Crippen LogP) is 3.61. The third kappa shape index (κ3) is 3.08. The normalized spacial score (nSPS) is 11.4. The van der Waals surface area contributed by atoms with Gasteiger partial charge in [-0.3, -0.25) is 0 Å². The lowest BCUT2D eigenvalue weighted by Crippen LogP contribution is -2.13. The molecule has 0 bridgehead atoms. The highest BCUT2D eigenvalue weighted by Gasteiger charge is 2.35. The first-order valence-electron chi connectivity index (χ1n) is 5.20. The standard InChI is InChI=1S/C11H7ClF4N4/c12-5-2-1-3-6(9(5)13)18-8-4-7(17)19-10(20-8)11(14,15)16/h1-4H,(H3,17,18,19,20). The van der Waals surface area contributed by atoms with E-state index in [-0.39, 0.29) is 16.5 Å². The van der Waals surface area contributed by atoms with Crippen LogP contribution in [0.4, 0.5) is 34.9 Å². The number of nitrogen functional groups attached to an aromatic ring is 1. The van der Waals surface area contributed by atoms with Gasteiger partial charge in [-0.15, -0.1) is 0 Å². The Hall–Kier alpha value is -2.09. The quantitative estimate of drug-likeness (QED) is 0.832. The molecule has 2 rings (SSSR count). The Morgan fingerprint density at radius 1 is 1.20 bits per heavy atom. The average molecular weight is 307 g/mol. The van der Waals surface area contributed by atoms with Gasteiger partial charge in [-0.2, -0.15) is 13.2 Å². The second-order valence-corrected chi connectivity index (χ2v) is 4.13. The summed E-state index contributed by atoms with van der Waals surface area (Å²) >= 11 is 5.56. The average Bonchev–Trinajstić information content (AvgIpc) is 2.33. The zero-order valence-electron chi connectivity index (χ0n) is 9.67. The molecule has 0 aliphatic rings. The number of nitrogens with zero attached hydrogens (tertiary/aromatic N) is 2. The third-order valence-electron chi connectivity index (χ3n) is 2.21. The van der Waals surface area contributed by atoms with E-state index in [4.69, 9.17) is 17.3 Å². The van der Waals surface area contributed by atoms with Gasteiger partial charge >= 0.3 is 6.18 Å². The summed E-state index contributed by atoms with van der Waals surface area (Å²) < 4.78 is 51.2. The number of halogens is 5. The van der Waals surface area contributed by atoms with Crippen LogP contribution in [0.1, 0.15) is 5.82 Å². The molecule has 0 fully saturated rings. The zero-order chi connectivity index (χ0) is 14.9. The van der Waals surface area contributed by atoms with Gasteiger partial charge in [-0.1, -0.05) is 17.7 Å². The fourth-order valence-corrected chi connectivity index (χ4v) is 1.57. The minimum absolute atomic E-state index is 0.122. The number of rotatable bonds is 2. The fraction of sp³-hybridized carbons (Fsp3) is 0.0909. The van der Waals surface area contributed by atoms with E-state index in [0.29, 0.717) is 0 Å². The summed E-state index contributed by atoms with van der Waals surface area (Å²) in [6.07, 6.45) is -4.75. The maximum Gasteiger partial charge on any atom is 0.451 e. The van der Waals surface area contributed by atoms with E-state index in [2.05, 4.69) is 15.3 Å². The molecule has 0 spiro atoms. The number of alkyl halides is 3. The number of nitrogens with two attached hydrogens (primary N) is 1. The molecule has 0 aliphatic carbocycles. The lowest BCUT2D eigenvalue weighted by atomic mass is 10.3. The molecule has 0 saturated heterocycles. The Morgan fingerprint density at radius 2 is 1.90 bits per heavy atom. The van der Waals surface area contributed by atoms with Gasteiger partial charge < -0.3 is 11.1 Å².